The summed E-state index contributed by atoms with van der Waals surface area (Å²) in [6.45, 7) is 4.44. The van der Waals surface area contributed by atoms with Crippen molar-refractivity contribution >= 4 is 17.7 Å². The molecule has 0 aliphatic rings. The number of hydrogen-bond donors (Lipinski definition) is 2. The van der Waals surface area contributed by atoms with Crippen LogP contribution in [0.5, 0.6) is 0 Å². The third-order valence-corrected chi connectivity index (χ3v) is 3.49. The summed E-state index contributed by atoms with van der Waals surface area (Å²) in [7, 11) is 0. The Morgan fingerprint density at radius 1 is 1.53 bits per heavy atom. The van der Waals surface area contributed by atoms with Gasteiger partial charge in [-0.05, 0) is 12.8 Å². The first-order valence-corrected chi connectivity index (χ1v) is 6.52. The number of nitrogens with zero attached hydrogens (tertiary/aromatic N) is 2. The van der Waals surface area contributed by atoms with Gasteiger partial charge >= 0.3 is 11.7 Å². The first kappa shape index (κ1) is 13.8. The summed E-state index contributed by atoms with van der Waals surface area (Å²) in [4.78, 5) is 22.4. The smallest absolute Gasteiger partial charge is 0.343 e. The number of carbonyl (C=O) groups is 1. The fourth-order valence-electron chi connectivity index (χ4n) is 1.44. The first-order valence-electron chi connectivity index (χ1n) is 5.64. The van der Waals surface area contributed by atoms with Crippen molar-refractivity contribution in [2.75, 3.05) is 0 Å². The van der Waals surface area contributed by atoms with Crippen LogP contribution in [0.25, 0.3) is 0 Å². The summed E-state index contributed by atoms with van der Waals surface area (Å²) in [6.07, 6.45) is 2.15. The maximum atomic E-state index is 11.4. The Morgan fingerprint density at radius 2 is 2.24 bits per heavy atom. The van der Waals surface area contributed by atoms with E-state index in [4.69, 9.17) is 5.11 Å². The second-order valence-corrected chi connectivity index (χ2v) is 4.87. The number of H-pyrrole nitrogens is 1. The molecule has 96 valence electrons. The van der Waals surface area contributed by atoms with Gasteiger partial charge in [0.05, 0.1) is 0 Å². The Morgan fingerprint density at radius 3 is 2.76 bits per heavy atom. The molecule has 0 saturated carbocycles. The van der Waals surface area contributed by atoms with Gasteiger partial charge in [-0.3, -0.25) is 9.36 Å². The Bertz CT molecular complexity index is 427. The first-order chi connectivity index (χ1) is 8.10. The highest BCUT2D eigenvalue weighted by atomic mass is 32.2. The van der Waals surface area contributed by atoms with Gasteiger partial charge in [0.2, 0.25) is 0 Å². The zero-order valence-electron chi connectivity index (χ0n) is 9.97. The molecule has 0 spiro atoms. The van der Waals surface area contributed by atoms with Crippen LogP contribution in [0.15, 0.2) is 9.95 Å². The SMILES string of the molecule is CCCC(Sc1n[nH]c(=O)n1CCC)C(=O)O. The van der Waals surface area contributed by atoms with Gasteiger partial charge in [-0.1, -0.05) is 32.0 Å². The van der Waals surface area contributed by atoms with Gasteiger partial charge in [0.1, 0.15) is 5.25 Å². The maximum Gasteiger partial charge on any atom is 0.343 e. The minimum atomic E-state index is -0.865. The molecule has 1 aromatic rings. The summed E-state index contributed by atoms with van der Waals surface area (Å²) >= 11 is 1.13. The largest absolute Gasteiger partial charge is 0.480 e. The Balaban J connectivity index is 2.85. The molecule has 1 aromatic heterocycles. The van der Waals surface area contributed by atoms with E-state index in [0.717, 1.165) is 24.6 Å². The van der Waals surface area contributed by atoms with Crippen LogP contribution < -0.4 is 5.69 Å². The quantitative estimate of drug-likeness (QED) is 0.721. The highest BCUT2D eigenvalue weighted by Crippen LogP contribution is 2.23. The van der Waals surface area contributed by atoms with Gasteiger partial charge in [-0.15, -0.1) is 5.10 Å². The van der Waals surface area contributed by atoms with Crippen molar-refractivity contribution in [3.63, 3.8) is 0 Å². The van der Waals surface area contributed by atoms with E-state index in [1.165, 1.54) is 4.57 Å². The van der Waals surface area contributed by atoms with Crippen LogP contribution in [-0.2, 0) is 11.3 Å². The van der Waals surface area contributed by atoms with Crippen LogP contribution in [0.2, 0.25) is 0 Å². The highest BCUT2D eigenvalue weighted by Gasteiger charge is 2.21. The molecule has 0 amide bonds. The standard InChI is InChI=1S/C10H17N3O3S/c1-3-5-7(8(14)15)17-10-12-11-9(16)13(10)6-4-2/h7H,3-6H2,1-2H3,(H,11,16)(H,14,15). The monoisotopic (exact) mass is 259 g/mol. The molecule has 0 aliphatic heterocycles. The summed E-state index contributed by atoms with van der Waals surface area (Å²) in [6, 6.07) is 0. The predicted molar refractivity (Wildman–Crippen MR) is 65.3 cm³/mol. The van der Waals surface area contributed by atoms with Crippen molar-refractivity contribution in [2.24, 2.45) is 0 Å². The number of aromatic nitrogens is 3. The van der Waals surface area contributed by atoms with Crippen LogP contribution in [-0.4, -0.2) is 31.1 Å². The fourth-order valence-corrected chi connectivity index (χ4v) is 2.54. The minimum absolute atomic E-state index is 0.282. The lowest BCUT2D eigenvalue weighted by molar-refractivity contribution is -0.136. The summed E-state index contributed by atoms with van der Waals surface area (Å²) in [5.74, 6) is -0.865. The Kier molecular flexibility index (Phi) is 5.27. The number of carboxylic acids is 1. The van der Waals surface area contributed by atoms with E-state index < -0.39 is 11.2 Å². The average molecular weight is 259 g/mol. The molecular formula is C10H17N3O3S. The van der Waals surface area contributed by atoms with Crippen molar-refractivity contribution in [2.45, 2.75) is 50.1 Å². The predicted octanol–water partition coefficient (Wildman–Crippen LogP) is 1.33. The highest BCUT2D eigenvalue weighted by molar-refractivity contribution is 8.00. The van der Waals surface area contributed by atoms with Gasteiger partial charge in [-0.2, -0.15) is 0 Å². The fraction of sp³-hybridized carbons (Fsp3) is 0.700. The van der Waals surface area contributed by atoms with E-state index in [1.807, 2.05) is 13.8 Å². The number of aromatic amines is 1. The molecule has 0 aromatic carbocycles. The molecular weight excluding hydrogens is 242 g/mol. The number of rotatable bonds is 7. The molecule has 0 saturated heterocycles. The van der Waals surface area contributed by atoms with E-state index in [-0.39, 0.29) is 5.69 Å². The van der Waals surface area contributed by atoms with Crippen LogP contribution in [0.3, 0.4) is 0 Å². The van der Waals surface area contributed by atoms with Gasteiger partial charge < -0.3 is 5.11 Å². The number of hydrogen-bond acceptors (Lipinski definition) is 4. The van der Waals surface area contributed by atoms with Gasteiger partial charge in [-0.25, -0.2) is 9.89 Å². The third kappa shape index (κ3) is 3.62. The van der Waals surface area contributed by atoms with E-state index in [2.05, 4.69) is 10.2 Å². The van der Waals surface area contributed by atoms with Gasteiger partial charge in [0.25, 0.3) is 0 Å². The van der Waals surface area contributed by atoms with Crippen molar-refractivity contribution in [3.8, 4) is 0 Å². The van der Waals surface area contributed by atoms with Crippen molar-refractivity contribution in [1.29, 1.82) is 0 Å². The molecule has 1 rings (SSSR count). The van der Waals surface area contributed by atoms with Crippen molar-refractivity contribution < 1.29 is 9.90 Å². The molecule has 0 bridgehead atoms. The molecule has 6 nitrogen and oxygen atoms in total. The molecule has 1 unspecified atom stereocenters. The summed E-state index contributed by atoms with van der Waals surface area (Å²) in [5, 5.41) is 15.2. The molecule has 1 heterocycles. The second kappa shape index (κ2) is 6.48. The molecule has 17 heavy (non-hydrogen) atoms. The summed E-state index contributed by atoms with van der Waals surface area (Å²) < 4.78 is 1.48. The number of thioether (sulfide) groups is 1. The van der Waals surface area contributed by atoms with Crippen LogP contribution in [0.4, 0.5) is 0 Å². The van der Waals surface area contributed by atoms with E-state index in [9.17, 15) is 9.59 Å². The lowest BCUT2D eigenvalue weighted by Gasteiger charge is -2.10. The number of carboxylic acid groups (broad SMARTS) is 1. The van der Waals surface area contributed by atoms with E-state index in [1.54, 1.807) is 0 Å². The zero-order valence-corrected chi connectivity index (χ0v) is 10.8. The Hall–Kier alpha value is -1.24. The van der Waals surface area contributed by atoms with E-state index in [0.29, 0.717) is 18.1 Å². The van der Waals surface area contributed by atoms with E-state index >= 15 is 0 Å². The van der Waals surface area contributed by atoms with Gasteiger partial charge in [0.15, 0.2) is 5.16 Å². The third-order valence-electron chi connectivity index (χ3n) is 2.24. The van der Waals surface area contributed by atoms with Crippen molar-refractivity contribution in [3.05, 3.63) is 10.5 Å². The van der Waals surface area contributed by atoms with Crippen LogP contribution in [0.1, 0.15) is 33.1 Å². The topological polar surface area (TPSA) is 88.0 Å². The van der Waals surface area contributed by atoms with Crippen LogP contribution in [0, 0.1) is 0 Å². The molecule has 7 heteroatoms. The molecule has 1 atom stereocenters. The minimum Gasteiger partial charge on any atom is -0.480 e. The van der Waals surface area contributed by atoms with Crippen LogP contribution >= 0.6 is 11.8 Å². The van der Waals surface area contributed by atoms with Crippen molar-refractivity contribution in [1.82, 2.24) is 14.8 Å². The molecule has 2 N–H and O–H groups in total. The van der Waals surface area contributed by atoms with Gasteiger partial charge in [0, 0.05) is 6.54 Å². The molecule has 0 aliphatic carbocycles. The maximum absolute atomic E-state index is 11.4. The average Bonchev–Trinajstić information content (AvgIpc) is 2.61. The molecule has 0 fully saturated rings. The summed E-state index contributed by atoms with van der Waals surface area (Å²) in [5.41, 5.74) is -0.282. The normalized spacial score (nSPS) is 12.6. The lowest BCUT2D eigenvalue weighted by Crippen LogP contribution is -2.20. The number of aliphatic carboxylic acids is 1. The molecule has 0 radical (unpaired) electrons. The number of nitrogens with one attached hydrogen (secondary N) is 1. The lowest BCUT2D eigenvalue weighted by atomic mass is 10.2. The second-order valence-electron chi connectivity index (χ2n) is 3.70. The zero-order chi connectivity index (χ0) is 12.8. The Labute approximate surface area is 103 Å².